The molecule has 0 aromatic carbocycles. The van der Waals surface area contributed by atoms with E-state index in [-0.39, 0.29) is 11.3 Å². The van der Waals surface area contributed by atoms with Crippen LogP contribution in [0.1, 0.15) is 52.9 Å². The van der Waals surface area contributed by atoms with Crippen molar-refractivity contribution in [2.45, 2.75) is 58.9 Å². The van der Waals surface area contributed by atoms with E-state index in [1.807, 2.05) is 0 Å². The molecule has 3 N–H and O–H groups in total. The van der Waals surface area contributed by atoms with E-state index in [1.54, 1.807) is 0 Å². The highest BCUT2D eigenvalue weighted by Gasteiger charge is 2.34. The lowest BCUT2D eigenvalue weighted by Crippen LogP contribution is -2.40. The molecule has 0 bridgehead atoms. The molecule has 1 aliphatic heterocycles. The molecule has 1 aliphatic rings. The molecular formula is C15H28N2O3. The van der Waals surface area contributed by atoms with Crippen LogP contribution in [0.25, 0.3) is 0 Å². The largest absolute Gasteiger partial charge is 0.480 e. The molecular weight excluding hydrogens is 256 g/mol. The van der Waals surface area contributed by atoms with Gasteiger partial charge in [0.1, 0.15) is 6.04 Å². The van der Waals surface area contributed by atoms with E-state index in [1.165, 1.54) is 4.90 Å². The van der Waals surface area contributed by atoms with Crippen molar-refractivity contribution in [3.05, 3.63) is 0 Å². The molecule has 20 heavy (non-hydrogen) atoms. The summed E-state index contributed by atoms with van der Waals surface area (Å²) in [6.07, 6.45) is 3.47. The van der Waals surface area contributed by atoms with E-state index in [4.69, 9.17) is 10.8 Å². The molecule has 5 heteroatoms. The fourth-order valence-electron chi connectivity index (χ4n) is 2.97. The topological polar surface area (TPSA) is 83.6 Å². The van der Waals surface area contributed by atoms with E-state index >= 15 is 0 Å². The first-order valence-corrected chi connectivity index (χ1v) is 7.49. The number of carbonyl (C=O) groups excluding carboxylic acids is 1. The van der Waals surface area contributed by atoms with Crippen LogP contribution in [0.15, 0.2) is 0 Å². The highest BCUT2D eigenvalue weighted by molar-refractivity contribution is 5.84. The Bertz CT molecular complexity index is 350. The summed E-state index contributed by atoms with van der Waals surface area (Å²) < 4.78 is 0. The van der Waals surface area contributed by atoms with Crippen LogP contribution in [0.5, 0.6) is 0 Å². The number of nitrogens with two attached hydrogens (primary N) is 1. The van der Waals surface area contributed by atoms with Gasteiger partial charge in [-0.15, -0.1) is 0 Å². The van der Waals surface area contributed by atoms with Crippen molar-refractivity contribution in [1.29, 1.82) is 0 Å². The van der Waals surface area contributed by atoms with Gasteiger partial charge >= 0.3 is 5.97 Å². The highest BCUT2D eigenvalue weighted by atomic mass is 16.4. The summed E-state index contributed by atoms with van der Waals surface area (Å²) in [5.41, 5.74) is 5.77. The molecule has 2 atom stereocenters. The molecule has 0 spiro atoms. The number of carbonyl (C=O) groups is 2. The van der Waals surface area contributed by atoms with Crippen molar-refractivity contribution in [2.75, 3.05) is 13.1 Å². The molecule has 1 fully saturated rings. The fourth-order valence-corrected chi connectivity index (χ4v) is 2.97. The van der Waals surface area contributed by atoms with E-state index < -0.39 is 12.0 Å². The van der Waals surface area contributed by atoms with Crippen molar-refractivity contribution in [1.82, 2.24) is 4.90 Å². The van der Waals surface area contributed by atoms with Crippen LogP contribution in [-0.2, 0) is 9.59 Å². The number of likely N-dealkylation sites (tertiary alicyclic amines) is 1. The number of carboxylic acids is 1. The summed E-state index contributed by atoms with van der Waals surface area (Å²) >= 11 is 0. The van der Waals surface area contributed by atoms with Crippen LogP contribution in [0.3, 0.4) is 0 Å². The summed E-state index contributed by atoms with van der Waals surface area (Å²) in [6, 6.07) is -0.620. The third kappa shape index (κ3) is 4.47. The van der Waals surface area contributed by atoms with Crippen LogP contribution in [0.4, 0.5) is 0 Å². The first-order chi connectivity index (χ1) is 9.27. The van der Waals surface area contributed by atoms with Crippen LogP contribution < -0.4 is 5.73 Å². The van der Waals surface area contributed by atoms with E-state index in [9.17, 15) is 9.59 Å². The second-order valence-corrected chi connectivity index (χ2v) is 6.76. The zero-order valence-electron chi connectivity index (χ0n) is 12.9. The van der Waals surface area contributed by atoms with Crippen LogP contribution in [-0.4, -0.2) is 41.0 Å². The Kier molecular flexibility index (Phi) is 5.99. The summed E-state index contributed by atoms with van der Waals surface area (Å²) in [5, 5.41) is 9.11. The monoisotopic (exact) mass is 284 g/mol. The Balaban J connectivity index is 2.55. The van der Waals surface area contributed by atoms with Gasteiger partial charge in [-0.1, -0.05) is 20.8 Å². The van der Waals surface area contributed by atoms with Gasteiger partial charge < -0.3 is 15.7 Å². The molecule has 0 aliphatic carbocycles. The van der Waals surface area contributed by atoms with Gasteiger partial charge in [-0.3, -0.25) is 4.79 Å². The lowest BCUT2D eigenvalue weighted by molar-refractivity contribution is -0.148. The van der Waals surface area contributed by atoms with Crippen molar-refractivity contribution in [3.63, 3.8) is 0 Å². The lowest BCUT2D eigenvalue weighted by atomic mass is 9.76. The maximum absolute atomic E-state index is 12.2. The van der Waals surface area contributed by atoms with Gasteiger partial charge in [0, 0.05) is 13.0 Å². The Hall–Kier alpha value is -1.10. The first-order valence-electron chi connectivity index (χ1n) is 7.49. The number of hydrogen-bond acceptors (Lipinski definition) is 3. The predicted octanol–water partition coefficient (Wildman–Crippen LogP) is 1.85. The molecule has 0 radical (unpaired) electrons. The lowest BCUT2D eigenvalue weighted by Gasteiger charge is -2.31. The van der Waals surface area contributed by atoms with Crippen LogP contribution in [0.2, 0.25) is 0 Å². The van der Waals surface area contributed by atoms with Gasteiger partial charge in [0.2, 0.25) is 5.91 Å². The van der Waals surface area contributed by atoms with Crippen LogP contribution in [0, 0.1) is 11.3 Å². The van der Waals surface area contributed by atoms with Gasteiger partial charge in [-0.2, -0.15) is 0 Å². The number of aliphatic carboxylic acids is 1. The molecule has 1 unspecified atom stereocenters. The van der Waals surface area contributed by atoms with Gasteiger partial charge in [-0.05, 0) is 43.6 Å². The zero-order chi connectivity index (χ0) is 15.3. The summed E-state index contributed by atoms with van der Waals surface area (Å²) in [6.45, 7) is 7.68. The Morgan fingerprint density at radius 3 is 2.50 bits per heavy atom. The van der Waals surface area contributed by atoms with Gasteiger partial charge in [0.05, 0.1) is 0 Å². The average Bonchev–Trinajstić information content (AvgIpc) is 2.81. The number of amides is 1. The van der Waals surface area contributed by atoms with Gasteiger partial charge in [0.15, 0.2) is 0 Å². The van der Waals surface area contributed by atoms with Crippen molar-refractivity contribution >= 4 is 11.9 Å². The van der Waals surface area contributed by atoms with Gasteiger partial charge in [0.25, 0.3) is 0 Å². The summed E-state index contributed by atoms with van der Waals surface area (Å²) in [4.78, 5) is 24.9. The second kappa shape index (κ2) is 7.07. The molecule has 116 valence electrons. The third-order valence-electron chi connectivity index (χ3n) is 4.30. The van der Waals surface area contributed by atoms with Gasteiger partial charge in [-0.25, -0.2) is 4.79 Å². The second-order valence-electron chi connectivity index (χ2n) is 6.76. The molecule has 1 saturated heterocycles. The average molecular weight is 284 g/mol. The molecule has 1 rings (SSSR count). The molecule has 0 aromatic rings. The zero-order valence-corrected chi connectivity index (χ0v) is 12.9. The van der Waals surface area contributed by atoms with E-state index in [0.29, 0.717) is 31.8 Å². The number of carboxylic acid groups (broad SMARTS) is 1. The van der Waals surface area contributed by atoms with Crippen molar-refractivity contribution in [3.8, 4) is 0 Å². The molecule has 1 amide bonds. The van der Waals surface area contributed by atoms with Crippen LogP contribution >= 0.6 is 0 Å². The standard InChI is InChI=1S/C15H28N2O3/c1-15(2,3)11(8-9-16)6-7-13(18)17-10-4-5-12(17)14(19)20/h11-12H,4-10,16H2,1-3H3,(H,19,20)/t11?,12-/m0/s1. The van der Waals surface area contributed by atoms with E-state index in [2.05, 4.69) is 20.8 Å². The van der Waals surface area contributed by atoms with E-state index in [0.717, 1.165) is 19.3 Å². The van der Waals surface area contributed by atoms with Crippen molar-refractivity contribution in [2.24, 2.45) is 17.1 Å². The number of nitrogens with zero attached hydrogens (tertiary/aromatic N) is 1. The Morgan fingerprint density at radius 1 is 1.35 bits per heavy atom. The smallest absolute Gasteiger partial charge is 0.326 e. The quantitative estimate of drug-likeness (QED) is 0.779. The molecule has 5 nitrogen and oxygen atoms in total. The third-order valence-corrected chi connectivity index (χ3v) is 4.30. The summed E-state index contributed by atoms with van der Waals surface area (Å²) in [7, 11) is 0. The number of rotatable bonds is 6. The normalized spacial score (nSPS) is 21.0. The summed E-state index contributed by atoms with van der Waals surface area (Å²) in [5.74, 6) is -0.520. The predicted molar refractivity (Wildman–Crippen MR) is 78.2 cm³/mol. The maximum atomic E-state index is 12.2. The molecule has 0 saturated carbocycles. The Labute approximate surface area is 121 Å². The Morgan fingerprint density at radius 2 is 2.00 bits per heavy atom. The highest BCUT2D eigenvalue weighted by Crippen LogP contribution is 2.32. The van der Waals surface area contributed by atoms with Crippen molar-refractivity contribution < 1.29 is 14.7 Å². The number of hydrogen-bond donors (Lipinski definition) is 2. The SMILES string of the molecule is CC(C)(C)C(CCN)CCC(=O)N1CCC[C@H]1C(=O)O. The fraction of sp³-hybridized carbons (Fsp3) is 0.867. The minimum absolute atomic E-state index is 0.0267. The first kappa shape index (κ1) is 17.0. The minimum Gasteiger partial charge on any atom is -0.480 e. The molecule has 0 aromatic heterocycles. The minimum atomic E-state index is -0.884. The maximum Gasteiger partial charge on any atom is 0.326 e. The molecule has 1 heterocycles.